The first kappa shape index (κ1) is 18.2. The van der Waals surface area contributed by atoms with E-state index >= 15 is 0 Å². The van der Waals surface area contributed by atoms with Crippen LogP contribution >= 0.6 is 11.3 Å². The molecule has 0 aliphatic heterocycles. The topological polar surface area (TPSA) is 76.7 Å². The number of unbranched alkanes of at least 4 members (excludes halogenated alkanes) is 1. The summed E-state index contributed by atoms with van der Waals surface area (Å²) in [5, 5.41) is 14.8. The number of carbonyl (C=O) groups is 1. The Morgan fingerprint density at radius 2 is 1.96 bits per heavy atom. The molecule has 4 rings (SSSR count). The van der Waals surface area contributed by atoms with Crippen molar-refractivity contribution in [3.63, 3.8) is 0 Å². The molecule has 0 aliphatic rings. The summed E-state index contributed by atoms with van der Waals surface area (Å²) >= 11 is 1.46. The number of carboxylic acid groups (broad SMARTS) is 1. The van der Waals surface area contributed by atoms with Crippen molar-refractivity contribution < 1.29 is 14.6 Å². The lowest BCUT2D eigenvalue weighted by Crippen LogP contribution is -1.99. The van der Waals surface area contributed by atoms with Crippen LogP contribution in [-0.4, -0.2) is 32.3 Å². The lowest BCUT2D eigenvalue weighted by molar-refractivity contribution is 0.0697. The predicted octanol–water partition coefficient (Wildman–Crippen LogP) is 5.00. The smallest absolute Gasteiger partial charge is 0.336 e. The quantitative estimate of drug-likeness (QED) is 0.447. The number of imidazole rings is 1. The minimum Gasteiger partial charge on any atom is -0.494 e. The third-order valence-corrected chi connectivity index (χ3v) is 5.32. The van der Waals surface area contributed by atoms with E-state index in [9.17, 15) is 9.90 Å². The number of nitrogens with zero attached hydrogens (tertiary/aromatic N) is 3. The van der Waals surface area contributed by atoms with Crippen molar-refractivity contribution in [2.75, 3.05) is 6.61 Å². The summed E-state index contributed by atoms with van der Waals surface area (Å²) in [5.41, 5.74) is 2.41. The van der Waals surface area contributed by atoms with Crippen molar-refractivity contribution in [2.45, 2.75) is 19.8 Å². The first-order valence-corrected chi connectivity index (χ1v) is 9.89. The normalized spacial score (nSPS) is 11.0. The van der Waals surface area contributed by atoms with Crippen LogP contribution in [0.1, 0.15) is 30.1 Å². The number of hydrogen-bond acceptors (Lipinski definition) is 5. The highest BCUT2D eigenvalue weighted by molar-refractivity contribution is 7.19. The standard InChI is InChI=1S/C21H19N3O3S/c1-2-3-12-27-15-10-8-14(9-11-15)19-23-24-13-18(22-21(24)28-19)16-6-4-5-7-17(16)20(25)26/h4-11,13H,2-3,12H2,1H3,(H,25,26). The second kappa shape index (κ2) is 7.82. The number of rotatable bonds is 7. The highest BCUT2D eigenvalue weighted by Gasteiger charge is 2.16. The first-order chi connectivity index (χ1) is 13.7. The number of benzene rings is 2. The van der Waals surface area contributed by atoms with Crippen molar-refractivity contribution in [2.24, 2.45) is 0 Å². The number of aromatic carboxylic acids is 1. The molecule has 0 radical (unpaired) electrons. The molecule has 0 atom stereocenters. The maximum absolute atomic E-state index is 11.4. The molecular weight excluding hydrogens is 374 g/mol. The fraction of sp³-hybridized carbons (Fsp3) is 0.190. The van der Waals surface area contributed by atoms with Gasteiger partial charge in [-0.05, 0) is 36.8 Å². The Kier molecular flexibility index (Phi) is 5.08. The van der Waals surface area contributed by atoms with Gasteiger partial charge in [-0.15, -0.1) is 0 Å². The summed E-state index contributed by atoms with van der Waals surface area (Å²) in [6, 6.07) is 14.7. The molecule has 1 N–H and O–H groups in total. The summed E-state index contributed by atoms with van der Waals surface area (Å²) in [5.74, 6) is -0.118. The Labute approximate surface area is 166 Å². The van der Waals surface area contributed by atoms with Gasteiger partial charge in [-0.25, -0.2) is 14.3 Å². The van der Waals surface area contributed by atoms with Crippen LogP contribution in [-0.2, 0) is 0 Å². The molecule has 2 aromatic carbocycles. The second-order valence-electron chi connectivity index (χ2n) is 6.34. The van der Waals surface area contributed by atoms with Crippen molar-refractivity contribution >= 4 is 22.3 Å². The van der Waals surface area contributed by atoms with Crippen LogP contribution in [0, 0.1) is 0 Å². The number of aromatic nitrogens is 3. The summed E-state index contributed by atoms with van der Waals surface area (Å²) in [4.78, 5) is 16.7. The van der Waals surface area contributed by atoms with Gasteiger partial charge in [0, 0.05) is 11.1 Å². The SMILES string of the molecule is CCCCOc1ccc(-c2nn3cc(-c4ccccc4C(=O)O)nc3s2)cc1. The molecule has 4 aromatic rings. The van der Waals surface area contributed by atoms with Crippen LogP contribution in [0.2, 0.25) is 0 Å². The van der Waals surface area contributed by atoms with Crippen LogP contribution in [0.3, 0.4) is 0 Å². The first-order valence-electron chi connectivity index (χ1n) is 9.08. The number of ether oxygens (including phenoxy) is 1. The minimum atomic E-state index is -0.971. The molecular formula is C21H19N3O3S. The maximum atomic E-state index is 11.4. The monoisotopic (exact) mass is 393 g/mol. The largest absolute Gasteiger partial charge is 0.494 e. The third kappa shape index (κ3) is 3.61. The Morgan fingerprint density at radius 1 is 1.18 bits per heavy atom. The molecule has 2 aromatic heterocycles. The van der Waals surface area contributed by atoms with Gasteiger partial charge in [0.15, 0.2) is 0 Å². The fourth-order valence-corrected chi connectivity index (χ4v) is 3.75. The molecule has 0 unspecified atom stereocenters. The van der Waals surface area contributed by atoms with E-state index in [4.69, 9.17) is 4.74 Å². The van der Waals surface area contributed by atoms with Crippen LogP contribution in [0.25, 0.3) is 26.8 Å². The van der Waals surface area contributed by atoms with Crippen LogP contribution in [0.4, 0.5) is 0 Å². The van der Waals surface area contributed by atoms with Gasteiger partial charge in [-0.2, -0.15) is 5.10 Å². The van der Waals surface area contributed by atoms with Crippen molar-refractivity contribution in [3.8, 4) is 27.6 Å². The molecule has 0 bridgehead atoms. The zero-order chi connectivity index (χ0) is 19.5. The Balaban J connectivity index is 1.59. The zero-order valence-electron chi connectivity index (χ0n) is 15.3. The van der Waals surface area contributed by atoms with E-state index in [-0.39, 0.29) is 5.56 Å². The van der Waals surface area contributed by atoms with E-state index in [1.54, 1.807) is 35.0 Å². The Hall–Kier alpha value is -3.19. The highest BCUT2D eigenvalue weighted by atomic mass is 32.1. The van der Waals surface area contributed by atoms with Gasteiger partial charge >= 0.3 is 5.97 Å². The average Bonchev–Trinajstić information content (AvgIpc) is 3.28. The molecule has 7 heteroatoms. The molecule has 0 fully saturated rings. The third-order valence-electron chi connectivity index (χ3n) is 4.34. The number of hydrogen-bond donors (Lipinski definition) is 1. The van der Waals surface area contributed by atoms with E-state index in [1.165, 1.54) is 11.3 Å². The number of fused-ring (bicyclic) bond motifs is 1. The molecule has 0 amide bonds. The van der Waals surface area contributed by atoms with E-state index in [0.29, 0.717) is 16.2 Å². The summed E-state index contributed by atoms with van der Waals surface area (Å²) in [6.45, 7) is 2.86. The van der Waals surface area contributed by atoms with Gasteiger partial charge in [-0.1, -0.05) is 42.9 Å². The van der Waals surface area contributed by atoms with E-state index < -0.39 is 5.97 Å². The molecule has 0 saturated heterocycles. The lowest BCUT2D eigenvalue weighted by atomic mass is 10.1. The fourth-order valence-electron chi connectivity index (χ4n) is 2.87. The Morgan fingerprint density at radius 3 is 2.68 bits per heavy atom. The van der Waals surface area contributed by atoms with Crippen molar-refractivity contribution in [1.29, 1.82) is 0 Å². The lowest BCUT2D eigenvalue weighted by Gasteiger charge is -2.05. The molecule has 0 aliphatic carbocycles. The van der Waals surface area contributed by atoms with E-state index in [0.717, 1.165) is 35.8 Å². The summed E-state index contributed by atoms with van der Waals surface area (Å²) < 4.78 is 7.39. The average molecular weight is 393 g/mol. The predicted molar refractivity (Wildman–Crippen MR) is 109 cm³/mol. The molecule has 6 nitrogen and oxygen atoms in total. The molecule has 0 saturated carbocycles. The van der Waals surface area contributed by atoms with Gasteiger partial charge in [0.05, 0.1) is 24.1 Å². The summed E-state index contributed by atoms with van der Waals surface area (Å²) in [6.07, 6.45) is 3.91. The van der Waals surface area contributed by atoms with E-state index in [1.807, 2.05) is 24.3 Å². The number of carboxylic acids is 1. The molecule has 2 heterocycles. The highest BCUT2D eigenvalue weighted by Crippen LogP contribution is 2.30. The summed E-state index contributed by atoms with van der Waals surface area (Å²) in [7, 11) is 0. The zero-order valence-corrected chi connectivity index (χ0v) is 16.1. The van der Waals surface area contributed by atoms with Gasteiger partial charge in [-0.3, -0.25) is 0 Å². The van der Waals surface area contributed by atoms with Crippen LogP contribution < -0.4 is 4.74 Å². The van der Waals surface area contributed by atoms with Gasteiger partial charge < -0.3 is 9.84 Å². The van der Waals surface area contributed by atoms with Gasteiger partial charge in [0.2, 0.25) is 4.96 Å². The van der Waals surface area contributed by atoms with Crippen molar-refractivity contribution in [3.05, 3.63) is 60.3 Å². The molecule has 28 heavy (non-hydrogen) atoms. The van der Waals surface area contributed by atoms with E-state index in [2.05, 4.69) is 17.0 Å². The van der Waals surface area contributed by atoms with Gasteiger partial charge in [0.1, 0.15) is 10.8 Å². The molecule has 142 valence electrons. The van der Waals surface area contributed by atoms with Gasteiger partial charge in [0.25, 0.3) is 0 Å². The minimum absolute atomic E-state index is 0.229. The molecule has 0 spiro atoms. The van der Waals surface area contributed by atoms with Crippen LogP contribution in [0.15, 0.2) is 54.7 Å². The second-order valence-corrected chi connectivity index (χ2v) is 7.29. The Bertz CT molecular complexity index is 1080. The van der Waals surface area contributed by atoms with Crippen molar-refractivity contribution in [1.82, 2.24) is 14.6 Å². The van der Waals surface area contributed by atoms with Crippen LogP contribution in [0.5, 0.6) is 5.75 Å². The maximum Gasteiger partial charge on any atom is 0.336 e.